The Kier molecular flexibility index (Phi) is 3.16. The predicted octanol–water partition coefficient (Wildman–Crippen LogP) is 1.68. The van der Waals surface area contributed by atoms with Gasteiger partial charge in [-0.25, -0.2) is 9.79 Å². The number of ether oxygens (including phenoxy) is 2. The van der Waals surface area contributed by atoms with Crippen LogP contribution in [-0.4, -0.2) is 41.3 Å². The number of hydrogen-bond donors (Lipinski definition) is 1. The number of aliphatic hydroxyl groups excluding tert-OH is 1. The number of methoxy groups -OCH3 is 1. The number of hydrogen-bond acceptors (Lipinski definition) is 5. The van der Waals surface area contributed by atoms with Crippen molar-refractivity contribution in [2.45, 2.75) is 64.2 Å². The van der Waals surface area contributed by atoms with E-state index < -0.39 is 17.2 Å². The van der Waals surface area contributed by atoms with Crippen LogP contribution in [-0.2, 0) is 14.3 Å². The fourth-order valence-electron chi connectivity index (χ4n) is 2.67. The summed E-state index contributed by atoms with van der Waals surface area (Å²) in [6.07, 6.45) is 0.911. The number of carbonyl (C=O) groups is 1. The van der Waals surface area contributed by atoms with Gasteiger partial charge in [0.1, 0.15) is 0 Å². The molecule has 1 N–H and O–H groups in total. The molecule has 1 aliphatic carbocycles. The smallest absolute Gasteiger partial charge is 0.335 e. The van der Waals surface area contributed by atoms with Crippen LogP contribution in [0.2, 0.25) is 0 Å². The molecule has 19 heavy (non-hydrogen) atoms. The molecule has 108 valence electrons. The van der Waals surface area contributed by atoms with E-state index in [0.717, 1.165) is 0 Å². The van der Waals surface area contributed by atoms with Crippen LogP contribution in [0.15, 0.2) is 4.99 Å². The average molecular weight is 269 g/mol. The number of nitrogens with zero attached hydrogens (tertiary/aromatic N) is 1. The molecule has 0 aromatic heterocycles. The van der Waals surface area contributed by atoms with Crippen LogP contribution in [0.1, 0.15) is 47.0 Å². The minimum Gasteiger partial charge on any atom is -0.481 e. The predicted molar refractivity (Wildman–Crippen MR) is 71.0 cm³/mol. The van der Waals surface area contributed by atoms with E-state index in [0.29, 0.717) is 25.2 Å². The molecule has 0 saturated heterocycles. The summed E-state index contributed by atoms with van der Waals surface area (Å²) >= 11 is 0. The molecule has 0 radical (unpaired) electrons. The highest BCUT2D eigenvalue weighted by atomic mass is 16.6. The molecule has 0 aromatic carbocycles. The number of rotatable bonds is 0. The third-order valence-corrected chi connectivity index (χ3v) is 4.49. The number of esters is 1. The third kappa shape index (κ3) is 2.04. The van der Waals surface area contributed by atoms with E-state index in [4.69, 9.17) is 9.47 Å². The summed E-state index contributed by atoms with van der Waals surface area (Å²) in [6.45, 7) is 7.77. The Balaban J connectivity index is 2.46. The molecule has 1 aliphatic heterocycles. The molecule has 2 rings (SSSR count). The molecule has 3 atom stereocenters. The van der Waals surface area contributed by atoms with Crippen LogP contribution in [0.5, 0.6) is 0 Å². The van der Waals surface area contributed by atoms with E-state index in [2.05, 4.69) is 4.99 Å². The van der Waals surface area contributed by atoms with Gasteiger partial charge in [-0.3, -0.25) is 0 Å². The van der Waals surface area contributed by atoms with Crippen LogP contribution < -0.4 is 0 Å². The maximum Gasteiger partial charge on any atom is 0.335 e. The molecule has 1 fully saturated rings. The zero-order valence-electron chi connectivity index (χ0n) is 12.3. The molecular formula is C14H23NO4. The fourth-order valence-corrected chi connectivity index (χ4v) is 2.67. The topological polar surface area (TPSA) is 68.1 Å². The Hall–Kier alpha value is -1.10. The Labute approximate surface area is 114 Å². The van der Waals surface area contributed by atoms with Crippen molar-refractivity contribution in [2.75, 3.05) is 7.11 Å². The molecule has 0 aromatic rings. The van der Waals surface area contributed by atoms with Crippen molar-refractivity contribution >= 4 is 11.9 Å². The number of cyclic esters (lactones) is 1. The fraction of sp³-hybridized carbons (Fsp3) is 0.857. The van der Waals surface area contributed by atoms with Gasteiger partial charge in [0.05, 0.1) is 13.2 Å². The summed E-state index contributed by atoms with van der Waals surface area (Å²) in [5.74, 6) is 0.0935. The first-order chi connectivity index (χ1) is 8.64. The zero-order chi connectivity index (χ0) is 14.5. The molecule has 1 saturated carbocycles. The lowest BCUT2D eigenvalue weighted by molar-refractivity contribution is -0.172. The second-order valence-electron chi connectivity index (χ2n) is 6.72. The van der Waals surface area contributed by atoms with Crippen molar-refractivity contribution in [3.63, 3.8) is 0 Å². The lowest BCUT2D eigenvalue weighted by Crippen LogP contribution is -2.59. The Morgan fingerprint density at radius 3 is 2.53 bits per heavy atom. The first-order valence-electron chi connectivity index (χ1n) is 6.70. The van der Waals surface area contributed by atoms with E-state index in [-0.39, 0.29) is 11.4 Å². The minimum absolute atomic E-state index is 0.318. The van der Waals surface area contributed by atoms with E-state index in [1.165, 1.54) is 0 Å². The Morgan fingerprint density at radius 2 is 2.11 bits per heavy atom. The van der Waals surface area contributed by atoms with Crippen LogP contribution in [0.25, 0.3) is 0 Å². The summed E-state index contributed by atoms with van der Waals surface area (Å²) < 4.78 is 11.1. The standard InChI is InChI=1S/C14H23NO4/c1-12(2,3)13(4)10(18-5)15-14(11(17)19-13)7-6-9(16)8-14/h9,16H,6-8H2,1-5H3/t9-,13+,14+/m0/s1. The van der Waals surface area contributed by atoms with Crippen molar-refractivity contribution in [1.29, 1.82) is 0 Å². The van der Waals surface area contributed by atoms with Gasteiger partial charge in [0.25, 0.3) is 0 Å². The number of aliphatic imine (C=N–C) groups is 1. The van der Waals surface area contributed by atoms with Crippen molar-refractivity contribution in [1.82, 2.24) is 0 Å². The highest BCUT2D eigenvalue weighted by Gasteiger charge is 2.58. The highest BCUT2D eigenvalue weighted by Crippen LogP contribution is 2.45. The summed E-state index contributed by atoms with van der Waals surface area (Å²) in [5.41, 5.74) is -2.15. The number of carbonyl (C=O) groups excluding carboxylic acids is 1. The van der Waals surface area contributed by atoms with Crippen LogP contribution in [0.4, 0.5) is 0 Å². The quantitative estimate of drug-likeness (QED) is 0.679. The molecule has 5 heteroatoms. The summed E-state index contributed by atoms with van der Waals surface area (Å²) in [5, 5.41) is 9.70. The van der Waals surface area contributed by atoms with Crippen molar-refractivity contribution in [2.24, 2.45) is 10.4 Å². The minimum atomic E-state index is -0.949. The summed E-state index contributed by atoms with van der Waals surface area (Å²) in [4.78, 5) is 16.9. The maximum atomic E-state index is 12.4. The molecular weight excluding hydrogens is 246 g/mol. The molecule has 5 nitrogen and oxygen atoms in total. The van der Waals surface area contributed by atoms with E-state index in [1.807, 2.05) is 27.7 Å². The molecule has 1 heterocycles. The van der Waals surface area contributed by atoms with E-state index in [9.17, 15) is 9.90 Å². The third-order valence-electron chi connectivity index (χ3n) is 4.49. The first-order valence-corrected chi connectivity index (χ1v) is 6.70. The second-order valence-corrected chi connectivity index (χ2v) is 6.72. The van der Waals surface area contributed by atoms with Gasteiger partial charge in [-0.1, -0.05) is 20.8 Å². The largest absolute Gasteiger partial charge is 0.481 e. The zero-order valence-corrected chi connectivity index (χ0v) is 12.3. The van der Waals surface area contributed by atoms with Crippen LogP contribution in [0.3, 0.4) is 0 Å². The molecule has 0 amide bonds. The average Bonchev–Trinajstić information content (AvgIpc) is 2.65. The Bertz CT molecular complexity index is 426. The van der Waals surface area contributed by atoms with Gasteiger partial charge in [-0.05, 0) is 19.8 Å². The van der Waals surface area contributed by atoms with E-state index >= 15 is 0 Å². The van der Waals surface area contributed by atoms with Crippen LogP contribution >= 0.6 is 0 Å². The van der Waals surface area contributed by atoms with Crippen molar-refractivity contribution in [3.8, 4) is 0 Å². The second kappa shape index (κ2) is 4.20. The summed E-state index contributed by atoms with van der Waals surface area (Å²) in [7, 11) is 1.54. The molecule has 2 aliphatic rings. The SMILES string of the molecule is COC1=N[C@@]2(CC[C@H](O)C2)C(=O)O[C@@]1(C)C(C)(C)C. The van der Waals surface area contributed by atoms with Gasteiger partial charge in [0.15, 0.2) is 11.1 Å². The Morgan fingerprint density at radius 1 is 1.47 bits per heavy atom. The van der Waals surface area contributed by atoms with Crippen LogP contribution in [0, 0.1) is 5.41 Å². The van der Waals surface area contributed by atoms with E-state index in [1.54, 1.807) is 7.11 Å². The number of aliphatic hydroxyl groups is 1. The highest BCUT2D eigenvalue weighted by molar-refractivity contribution is 5.96. The monoisotopic (exact) mass is 269 g/mol. The lowest BCUT2D eigenvalue weighted by Gasteiger charge is -2.45. The molecule has 1 spiro atoms. The maximum absolute atomic E-state index is 12.4. The summed E-state index contributed by atoms with van der Waals surface area (Å²) in [6, 6.07) is 0. The van der Waals surface area contributed by atoms with Gasteiger partial charge < -0.3 is 14.6 Å². The molecule has 0 bridgehead atoms. The van der Waals surface area contributed by atoms with Crippen molar-refractivity contribution in [3.05, 3.63) is 0 Å². The van der Waals surface area contributed by atoms with Gasteiger partial charge in [0.2, 0.25) is 5.90 Å². The lowest BCUT2D eigenvalue weighted by atomic mass is 9.76. The first kappa shape index (κ1) is 14.3. The molecule has 0 unspecified atom stereocenters. The normalized spacial score (nSPS) is 39.2. The van der Waals surface area contributed by atoms with Gasteiger partial charge in [-0.2, -0.15) is 0 Å². The van der Waals surface area contributed by atoms with Gasteiger partial charge in [-0.15, -0.1) is 0 Å². The van der Waals surface area contributed by atoms with Gasteiger partial charge >= 0.3 is 5.97 Å². The van der Waals surface area contributed by atoms with Crippen molar-refractivity contribution < 1.29 is 19.4 Å². The van der Waals surface area contributed by atoms with Gasteiger partial charge in [0, 0.05) is 11.8 Å².